The number of amides is 2. The van der Waals surface area contributed by atoms with Crippen molar-refractivity contribution >= 4 is 36.5 Å². The summed E-state index contributed by atoms with van der Waals surface area (Å²) in [5, 5.41) is 4.91. The van der Waals surface area contributed by atoms with Crippen LogP contribution < -0.4 is 16.1 Å². The number of anilines is 2. The number of benzene rings is 2. The topological polar surface area (TPSA) is 58.2 Å². The molecule has 0 unspecified atom stereocenters. The van der Waals surface area contributed by atoms with Gasteiger partial charge in [-0.2, -0.15) is 0 Å². The fourth-order valence-electron chi connectivity index (χ4n) is 1.69. The van der Waals surface area contributed by atoms with Crippen LogP contribution in [0.4, 0.5) is 20.6 Å². The van der Waals surface area contributed by atoms with Crippen LogP contribution in [-0.4, -0.2) is 19.7 Å². The molecule has 0 fully saturated rings. The summed E-state index contributed by atoms with van der Waals surface area (Å²) in [4.78, 5) is 22.9. The van der Waals surface area contributed by atoms with Gasteiger partial charge in [0.25, 0.3) is 0 Å². The quantitative estimate of drug-likeness (QED) is 0.671. The highest BCUT2D eigenvalue weighted by Gasteiger charge is 2.09. The van der Waals surface area contributed by atoms with Crippen molar-refractivity contribution in [2.24, 2.45) is 0 Å². The Labute approximate surface area is 122 Å². The smallest absolute Gasteiger partial charge is 0.308 e. The van der Waals surface area contributed by atoms with Gasteiger partial charge in [0.1, 0.15) is 13.7 Å². The number of urea groups is 1. The minimum absolute atomic E-state index is 0.00653. The van der Waals surface area contributed by atoms with E-state index in [1.54, 1.807) is 24.3 Å². The summed E-state index contributed by atoms with van der Waals surface area (Å²) in [7, 11) is 5.53. The highest BCUT2D eigenvalue weighted by molar-refractivity contribution is 6.32. The Kier molecular flexibility index (Phi) is 4.37. The Balaban J connectivity index is 2.06. The van der Waals surface area contributed by atoms with Crippen molar-refractivity contribution in [2.45, 2.75) is 6.92 Å². The maximum Gasteiger partial charge on any atom is 0.323 e. The third-order valence-electron chi connectivity index (χ3n) is 2.79. The molecule has 0 aromatic heterocycles. The van der Waals surface area contributed by atoms with E-state index in [9.17, 15) is 14.0 Å². The average Bonchev–Trinajstić information content (AvgIpc) is 2.43. The number of rotatable bonds is 3. The molecule has 0 spiro atoms. The van der Waals surface area contributed by atoms with Crippen LogP contribution in [0.15, 0.2) is 42.5 Å². The average molecular weight is 282 g/mol. The number of carbonyl (C=O) groups excluding carboxylic acids is 2. The van der Waals surface area contributed by atoms with E-state index in [-0.39, 0.29) is 17.0 Å². The van der Waals surface area contributed by atoms with Crippen molar-refractivity contribution in [1.82, 2.24) is 0 Å². The molecule has 0 atom stereocenters. The molecule has 2 radical (unpaired) electrons. The van der Waals surface area contributed by atoms with Gasteiger partial charge >= 0.3 is 6.03 Å². The molecule has 2 aromatic carbocycles. The first-order chi connectivity index (χ1) is 9.95. The molecule has 2 rings (SSSR count). The summed E-state index contributed by atoms with van der Waals surface area (Å²) >= 11 is 0. The Morgan fingerprint density at radius 2 is 1.71 bits per heavy atom. The van der Waals surface area contributed by atoms with E-state index in [1.807, 2.05) is 0 Å². The van der Waals surface area contributed by atoms with Crippen LogP contribution in [0.2, 0.25) is 0 Å². The van der Waals surface area contributed by atoms with E-state index >= 15 is 0 Å². The number of nitrogens with one attached hydrogen (secondary N) is 2. The van der Waals surface area contributed by atoms with Gasteiger partial charge in [0.15, 0.2) is 5.78 Å². The van der Waals surface area contributed by atoms with E-state index in [4.69, 9.17) is 7.85 Å². The molecule has 0 aliphatic carbocycles. The summed E-state index contributed by atoms with van der Waals surface area (Å²) < 4.78 is 13.8. The SMILES string of the molecule is [B]c1ccc(NC(=O)Nc2ccc(C(C)=O)cc2F)cc1. The molecule has 4 nitrogen and oxygen atoms in total. The van der Waals surface area contributed by atoms with Crippen molar-refractivity contribution in [3.63, 3.8) is 0 Å². The molecule has 104 valence electrons. The zero-order chi connectivity index (χ0) is 15.4. The van der Waals surface area contributed by atoms with Gasteiger partial charge in [0, 0.05) is 11.3 Å². The predicted octanol–water partition coefficient (Wildman–Crippen LogP) is 2.47. The molecular formula is C15H12BFN2O2. The summed E-state index contributed by atoms with van der Waals surface area (Å²) in [6, 6.07) is 9.82. The van der Waals surface area contributed by atoms with Gasteiger partial charge in [-0.15, -0.1) is 0 Å². The Bertz CT molecular complexity index is 687. The van der Waals surface area contributed by atoms with Gasteiger partial charge in [-0.3, -0.25) is 4.79 Å². The number of ketones is 1. The first kappa shape index (κ1) is 14.8. The lowest BCUT2D eigenvalue weighted by Gasteiger charge is -2.09. The van der Waals surface area contributed by atoms with Crippen molar-refractivity contribution in [1.29, 1.82) is 0 Å². The fourth-order valence-corrected chi connectivity index (χ4v) is 1.69. The van der Waals surface area contributed by atoms with Crippen LogP contribution in [-0.2, 0) is 0 Å². The van der Waals surface area contributed by atoms with Crippen LogP contribution in [0.25, 0.3) is 0 Å². The summed E-state index contributed by atoms with van der Waals surface area (Å²) in [6.07, 6.45) is 0. The predicted molar refractivity (Wildman–Crippen MR) is 80.9 cm³/mol. The fraction of sp³-hybridized carbons (Fsp3) is 0.0667. The molecule has 0 saturated carbocycles. The number of Topliss-reactive ketones (excluding diaryl/α,β-unsaturated/α-hetero) is 1. The number of hydrogen-bond acceptors (Lipinski definition) is 2. The highest BCUT2D eigenvalue weighted by Crippen LogP contribution is 2.16. The van der Waals surface area contributed by atoms with E-state index < -0.39 is 11.8 Å². The molecule has 21 heavy (non-hydrogen) atoms. The van der Waals surface area contributed by atoms with Crippen molar-refractivity contribution in [3.05, 3.63) is 53.8 Å². The zero-order valence-electron chi connectivity index (χ0n) is 11.3. The lowest BCUT2D eigenvalue weighted by Crippen LogP contribution is -2.20. The number of carbonyl (C=O) groups is 2. The first-order valence-corrected chi connectivity index (χ1v) is 6.20. The van der Waals surface area contributed by atoms with E-state index in [0.29, 0.717) is 11.2 Å². The molecule has 6 heteroatoms. The molecule has 2 N–H and O–H groups in total. The molecule has 0 aliphatic rings. The standard InChI is InChI=1S/C15H12BFN2O2/c1-9(20)10-2-7-14(13(17)8-10)19-15(21)18-12-5-3-11(16)4-6-12/h2-8H,1H3,(H2,18,19,21). The molecular weight excluding hydrogens is 270 g/mol. The van der Waals surface area contributed by atoms with E-state index in [2.05, 4.69) is 10.6 Å². The van der Waals surface area contributed by atoms with Gasteiger partial charge < -0.3 is 10.6 Å². The summed E-state index contributed by atoms with van der Waals surface area (Å²) in [6.45, 7) is 1.34. The Morgan fingerprint density at radius 3 is 2.29 bits per heavy atom. The lowest BCUT2D eigenvalue weighted by molar-refractivity contribution is 0.101. The maximum atomic E-state index is 13.8. The normalized spacial score (nSPS) is 10.0. The van der Waals surface area contributed by atoms with E-state index in [1.165, 1.54) is 19.1 Å². The van der Waals surface area contributed by atoms with E-state index in [0.717, 1.165) is 6.07 Å². The van der Waals surface area contributed by atoms with Gasteiger partial charge in [0.05, 0.1) is 5.69 Å². The van der Waals surface area contributed by atoms with Crippen molar-refractivity contribution in [2.75, 3.05) is 10.6 Å². The molecule has 0 heterocycles. The largest absolute Gasteiger partial charge is 0.323 e. The van der Waals surface area contributed by atoms with Crippen LogP contribution in [0.5, 0.6) is 0 Å². The highest BCUT2D eigenvalue weighted by atomic mass is 19.1. The van der Waals surface area contributed by atoms with Gasteiger partial charge in [-0.05, 0) is 37.3 Å². The Morgan fingerprint density at radius 1 is 1.05 bits per heavy atom. The summed E-state index contributed by atoms with van der Waals surface area (Å²) in [5.41, 5.74) is 1.35. The third-order valence-corrected chi connectivity index (χ3v) is 2.79. The van der Waals surface area contributed by atoms with Gasteiger partial charge in [0.2, 0.25) is 0 Å². The van der Waals surface area contributed by atoms with Crippen LogP contribution >= 0.6 is 0 Å². The third kappa shape index (κ3) is 3.92. The molecule has 0 saturated heterocycles. The van der Waals surface area contributed by atoms with Crippen LogP contribution in [0.1, 0.15) is 17.3 Å². The lowest BCUT2D eigenvalue weighted by atomic mass is 9.96. The van der Waals surface area contributed by atoms with Crippen molar-refractivity contribution < 1.29 is 14.0 Å². The van der Waals surface area contributed by atoms with Gasteiger partial charge in [-0.25, -0.2) is 9.18 Å². The van der Waals surface area contributed by atoms with Crippen LogP contribution in [0, 0.1) is 5.82 Å². The maximum absolute atomic E-state index is 13.8. The Hall–Kier alpha value is -2.63. The first-order valence-electron chi connectivity index (χ1n) is 6.20. The second kappa shape index (κ2) is 6.22. The molecule has 0 bridgehead atoms. The monoisotopic (exact) mass is 282 g/mol. The minimum Gasteiger partial charge on any atom is -0.308 e. The molecule has 0 aliphatic heterocycles. The number of halogens is 1. The number of hydrogen-bond donors (Lipinski definition) is 2. The molecule has 2 amide bonds. The molecule has 2 aromatic rings. The second-order valence-corrected chi connectivity index (χ2v) is 4.45. The van der Waals surface area contributed by atoms with Gasteiger partial charge in [-0.1, -0.05) is 17.6 Å². The second-order valence-electron chi connectivity index (χ2n) is 4.45. The van der Waals surface area contributed by atoms with Crippen molar-refractivity contribution in [3.8, 4) is 0 Å². The van der Waals surface area contributed by atoms with Crippen LogP contribution in [0.3, 0.4) is 0 Å². The summed E-state index contributed by atoms with van der Waals surface area (Å²) in [5.74, 6) is -0.915. The zero-order valence-corrected chi connectivity index (χ0v) is 11.3. The minimum atomic E-state index is -0.671.